The molecule has 8 heteroatoms. The molecule has 0 aliphatic heterocycles. The fourth-order valence-corrected chi connectivity index (χ4v) is 4.73. The van der Waals surface area contributed by atoms with E-state index in [4.69, 9.17) is 16.6 Å². The summed E-state index contributed by atoms with van der Waals surface area (Å²) in [6, 6.07) is 25.9. The summed E-state index contributed by atoms with van der Waals surface area (Å²) in [5.41, 5.74) is 4.78. The van der Waals surface area contributed by atoms with Gasteiger partial charge in [0.25, 0.3) is 0 Å². The highest BCUT2D eigenvalue weighted by Gasteiger charge is 2.16. The first-order valence-electron chi connectivity index (χ1n) is 11.0. The smallest absolute Gasteiger partial charge is 0.230 e. The van der Waals surface area contributed by atoms with Crippen LogP contribution in [0.4, 0.5) is 0 Å². The summed E-state index contributed by atoms with van der Waals surface area (Å²) in [5, 5.41) is 13.9. The fourth-order valence-electron chi connectivity index (χ4n) is 3.90. The van der Waals surface area contributed by atoms with E-state index in [1.807, 2.05) is 60.7 Å². The van der Waals surface area contributed by atoms with Gasteiger partial charge < -0.3 is 9.88 Å². The average molecular weight is 488 g/mol. The van der Waals surface area contributed by atoms with E-state index in [1.54, 1.807) is 0 Å². The standard InChI is InChI=1S/C26H22ClN5OS/c27-20-10-6-9-19(15-20)16-32-22-12-5-4-11-21(22)24-25(32)29-26(31-30-24)34-17-23(33)28-14-13-18-7-2-1-3-8-18/h1-12,15H,13-14,16-17H2,(H,28,33). The number of amides is 1. The first kappa shape index (κ1) is 22.4. The molecule has 5 aromatic rings. The molecular formula is C26H22ClN5OS. The summed E-state index contributed by atoms with van der Waals surface area (Å²) >= 11 is 7.49. The van der Waals surface area contributed by atoms with Crippen LogP contribution in [-0.4, -0.2) is 38.0 Å². The van der Waals surface area contributed by atoms with Gasteiger partial charge in [0.15, 0.2) is 5.65 Å². The summed E-state index contributed by atoms with van der Waals surface area (Å²) in [6.07, 6.45) is 0.796. The van der Waals surface area contributed by atoms with Gasteiger partial charge in [-0.15, -0.1) is 10.2 Å². The Balaban J connectivity index is 1.33. The summed E-state index contributed by atoms with van der Waals surface area (Å²) in [4.78, 5) is 17.1. The molecule has 0 atom stereocenters. The molecule has 6 nitrogen and oxygen atoms in total. The van der Waals surface area contributed by atoms with Crippen molar-refractivity contribution in [3.8, 4) is 0 Å². The number of para-hydroxylation sites is 1. The highest BCUT2D eigenvalue weighted by atomic mass is 35.5. The van der Waals surface area contributed by atoms with Crippen LogP contribution in [0.5, 0.6) is 0 Å². The van der Waals surface area contributed by atoms with Crippen molar-refractivity contribution in [1.29, 1.82) is 0 Å². The van der Waals surface area contributed by atoms with Gasteiger partial charge in [-0.2, -0.15) is 0 Å². The average Bonchev–Trinajstić information content (AvgIpc) is 3.16. The van der Waals surface area contributed by atoms with Crippen molar-refractivity contribution in [1.82, 2.24) is 25.1 Å². The number of nitrogens with zero attached hydrogens (tertiary/aromatic N) is 4. The van der Waals surface area contributed by atoms with Crippen molar-refractivity contribution in [2.24, 2.45) is 0 Å². The van der Waals surface area contributed by atoms with E-state index in [1.165, 1.54) is 17.3 Å². The summed E-state index contributed by atoms with van der Waals surface area (Å²) < 4.78 is 2.12. The van der Waals surface area contributed by atoms with Gasteiger partial charge in [-0.3, -0.25) is 4.79 Å². The Bertz CT molecular complexity index is 1450. The predicted octanol–water partition coefficient (Wildman–Crippen LogP) is 5.13. The van der Waals surface area contributed by atoms with Crippen LogP contribution in [0, 0.1) is 0 Å². The van der Waals surface area contributed by atoms with Crippen LogP contribution in [0.3, 0.4) is 0 Å². The molecule has 0 radical (unpaired) electrons. The van der Waals surface area contributed by atoms with Crippen LogP contribution in [0.15, 0.2) is 84.0 Å². The van der Waals surface area contributed by atoms with Gasteiger partial charge in [0.1, 0.15) is 5.52 Å². The summed E-state index contributed by atoms with van der Waals surface area (Å²) in [6.45, 7) is 1.20. The minimum atomic E-state index is -0.0518. The van der Waals surface area contributed by atoms with Crippen molar-refractivity contribution < 1.29 is 4.79 Å². The van der Waals surface area contributed by atoms with Crippen LogP contribution >= 0.6 is 23.4 Å². The molecule has 0 saturated heterocycles. The second-order valence-corrected chi connectivity index (χ2v) is 9.25. The number of fused-ring (bicyclic) bond motifs is 3. The Morgan fingerprint density at radius 2 is 1.74 bits per heavy atom. The second kappa shape index (κ2) is 10.2. The quantitative estimate of drug-likeness (QED) is 0.307. The lowest BCUT2D eigenvalue weighted by Gasteiger charge is -2.08. The molecule has 0 bridgehead atoms. The summed E-state index contributed by atoms with van der Waals surface area (Å²) in [5.74, 6) is 0.181. The molecule has 1 N–H and O–H groups in total. The van der Waals surface area contributed by atoms with E-state index in [2.05, 4.69) is 38.3 Å². The molecule has 2 aromatic heterocycles. The molecule has 0 saturated carbocycles. The molecular weight excluding hydrogens is 466 g/mol. The van der Waals surface area contributed by atoms with Gasteiger partial charge in [0, 0.05) is 23.5 Å². The highest BCUT2D eigenvalue weighted by Crippen LogP contribution is 2.28. The number of thioether (sulfide) groups is 1. The van der Waals surface area contributed by atoms with Crippen molar-refractivity contribution >= 4 is 51.3 Å². The third kappa shape index (κ3) is 5.05. The third-order valence-electron chi connectivity index (χ3n) is 5.50. The van der Waals surface area contributed by atoms with E-state index in [0.717, 1.165) is 34.1 Å². The first-order chi connectivity index (χ1) is 16.7. The molecule has 170 valence electrons. The Morgan fingerprint density at radius 3 is 2.59 bits per heavy atom. The molecule has 5 rings (SSSR count). The lowest BCUT2D eigenvalue weighted by atomic mass is 10.1. The minimum absolute atomic E-state index is 0.0518. The normalized spacial score (nSPS) is 11.2. The van der Waals surface area contributed by atoms with E-state index in [0.29, 0.717) is 23.3 Å². The maximum absolute atomic E-state index is 12.3. The molecule has 0 fully saturated rings. The van der Waals surface area contributed by atoms with E-state index in [9.17, 15) is 4.79 Å². The van der Waals surface area contributed by atoms with Gasteiger partial charge in [-0.1, -0.05) is 84.0 Å². The number of halogens is 1. The SMILES string of the molecule is O=C(CSc1nnc2c3ccccc3n(Cc3cccc(Cl)c3)c2n1)NCCc1ccccc1. The molecule has 0 aliphatic carbocycles. The van der Waals surface area contributed by atoms with Gasteiger partial charge in [0.05, 0.1) is 11.3 Å². The number of benzene rings is 3. The Labute approximate surface area is 206 Å². The lowest BCUT2D eigenvalue weighted by molar-refractivity contribution is -0.118. The van der Waals surface area contributed by atoms with Crippen LogP contribution in [0.25, 0.3) is 22.1 Å². The maximum atomic E-state index is 12.3. The number of carbonyl (C=O) groups is 1. The van der Waals surface area contributed by atoms with Crippen molar-refractivity contribution in [2.75, 3.05) is 12.3 Å². The number of hydrogen-bond donors (Lipinski definition) is 1. The van der Waals surface area contributed by atoms with Crippen LogP contribution in [0.1, 0.15) is 11.1 Å². The Hall–Kier alpha value is -3.42. The Kier molecular flexibility index (Phi) is 6.74. The molecule has 2 heterocycles. The number of carbonyl (C=O) groups excluding carboxylic acids is 1. The zero-order valence-electron chi connectivity index (χ0n) is 18.3. The predicted molar refractivity (Wildman–Crippen MR) is 137 cm³/mol. The molecule has 0 aliphatic rings. The number of nitrogens with one attached hydrogen (secondary N) is 1. The van der Waals surface area contributed by atoms with Crippen molar-refractivity contribution in [2.45, 2.75) is 18.1 Å². The first-order valence-corrected chi connectivity index (χ1v) is 12.3. The van der Waals surface area contributed by atoms with Crippen LogP contribution in [0.2, 0.25) is 5.02 Å². The Morgan fingerprint density at radius 1 is 0.941 bits per heavy atom. The van der Waals surface area contributed by atoms with Crippen molar-refractivity contribution in [3.63, 3.8) is 0 Å². The third-order valence-corrected chi connectivity index (χ3v) is 6.57. The number of aromatic nitrogens is 4. The van der Waals surface area contributed by atoms with E-state index < -0.39 is 0 Å². The lowest BCUT2D eigenvalue weighted by Crippen LogP contribution is -2.27. The highest BCUT2D eigenvalue weighted by molar-refractivity contribution is 7.99. The van der Waals surface area contributed by atoms with Gasteiger partial charge in [-0.25, -0.2) is 4.98 Å². The van der Waals surface area contributed by atoms with Crippen LogP contribution < -0.4 is 5.32 Å². The van der Waals surface area contributed by atoms with Gasteiger partial charge in [0.2, 0.25) is 11.1 Å². The number of rotatable bonds is 8. The number of hydrogen-bond acceptors (Lipinski definition) is 5. The molecule has 34 heavy (non-hydrogen) atoms. The topological polar surface area (TPSA) is 72.7 Å². The van der Waals surface area contributed by atoms with E-state index in [-0.39, 0.29) is 11.7 Å². The molecule has 0 unspecified atom stereocenters. The monoisotopic (exact) mass is 487 g/mol. The molecule has 0 spiro atoms. The zero-order chi connectivity index (χ0) is 23.3. The summed E-state index contributed by atoms with van der Waals surface area (Å²) in [7, 11) is 0. The van der Waals surface area contributed by atoms with Gasteiger partial charge in [-0.05, 0) is 35.7 Å². The van der Waals surface area contributed by atoms with Crippen molar-refractivity contribution in [3.05, 3.63) is 95.0 Å². The van der Waals surface area contributed by atoms with E-state index >= 15 is 0 Å². The van der Waals surface area contributed by atoms with Gasteiger partial charge >= 0.3 is 0 Å². The molecule has 3 aromatic carbocycles. The maximum Gasteiger partial charge on any atom is 0.230 e. The zero-order valence-corrected chi connectivity index (χ0v) is 19.9. The minimum Gasteiger partial charge on any atom is -0.355 e. The molecule has 1 amide bonds. The fraction of sp³-hybridized carbons (Fsp3) is 0.154. The largest absolute Gasteiger partial charge is 0.355 e. The van der Waals surface area contributed by atoms with Crippen LogP contribution in [-0.2, 0) is 17.8 Å². The second-order valence-electron chi connectivity index (χ2n) is 7.87.